The molecule has 2 fully saturated rings. The van der Waals surface area contributed by atoms with Gasteiger partial charge in [0, 0.05) is 42.7 Å². The fraction of sp³-hybridized carbons (Fsp3) is 0.556. The summed E-state index contributed by atoms with van der Waals surface area (Å²) < 4.78 is 6.06. The summed E-state index contributed by atoms with van der Waals surface area (Å²) in [4.78, 5) is 21.7. The number of para-hydroxylation sites is 1. The number of piperidine rings is 2. The van der Waals surface area contributed by atoms with Crippen LogP contribution in [0.3, 0.4) is 0 Å². The first-order chi connectivity index (χ1) is 15.4. The van der Waals surface area contributed by atoms with Crippen molar-refractivity contribution in [2.45, 2.75) is 53.0 Å². The standard InChI is InChI=1S/C27H37N3O2/c1-21(2)20-32-25-7-5-4-6-24(25)19-29-14-9-27(10-15-29)11-16-30(17-12-27)26(31)23-8-13-28-22(3)18-23/h4-8,13,18,21H,9-12,14-17,19-20H2,1-3H3. The third kappa shape index (κ3) is 5.50. The number of hydrogen-bond acceptors (Lipinski definition) is 4. The van der Waals surface area contributed by atoms with Gasteiger partial charge in [-0.25, -0.2) is 0 Å². The summed E-state index contributed by atoms with van der Waals surface area (Å²) in [5, 5.41) is 0. The number of carbonyl (C=O) groups is 1. The molecule has 0 unspecified atom stereocenters. The van der Waals surface area contributed by atoms with Crippen molar-refractivity contribution in [3.8, 4) is 5.75 Å². The van der Waals surface area contributed by atoms with E-state index in [-0.39, 0.29) is 5.91 Å². The van der Waals surface area contributed by atoms with Crippen LogP contribution in [0.5, 0.6) is 5.75 Å². The van der Waals surface area contributed by atoms with Gasteiger partial charge in [-0.05, 0) is 75.2 Å². The maximum atomic E-state index is 12.9. The highest BCUT2D eigenvalue weighted by Gasteiger charge is 2.38. The highest BCUT2D eigenvalue weighted by molar-refractivity contribution is 5.94. The number of aromatic nitrogens is 1. The highest BCUT2D eigenvalue weighted by atomic mass is 16.5. The second-order valence-corrected chi connectivity index (χ2v) is 10.1. The highest BCUT2D eigenvalue weighted by Crippen LogP contribution is 2.42. The summed E-state index contributed by atoms with van der Waals surface area (Å²) in [6, 6.07) is 12.2. The third-order valence-corrected chi connectivity index (χ3v) is 7.11. The Morgan fingerprint density at radius 2 is 1.75 bits per heavy atom. The summed E-state index contributed by atoms with van der Waals surface area (Å²) >= 11 is 0. The Kier molecular flexibility index (Phi) is 7.14. The van der Waals surface area contributed by atoms with Crippen LogP contribution in [0.1, 0.15) is 61.1 Å². The molecule has 0 bridgehead atoms. The lowest BCUT2D eigenvalue weighted by Gasteiger charge is -2.47. The van der Waals surface area contributed by atoms with E-state index in [1.165, 1.54) is 18.4 Å². The van der Waals surface area contributed by atoms with Crippen molar-refractivity contribution in [3.05, 3.63) is 59.4 Å². The van der Waals surface area contributed by atoms with Gasteiger partial charge in [-0.1, -0.05) is 32.0 Å². The van der Waals surface area contributed by atoms with Gasteiger partial charge in [0.1, 0.15) is 5.75 Å². The van der Waals surface area contributed by atoms with E-state index in [1.807, 2.05) is 24.0 Å². The van der Waals surface area contributed by atoms with E-state index < -0.39 is 0 Å². The molecule has 3 heterocycles. The van der Waals surface area contributed by atoms with E-state index in [2.05, 4.69) is 48.0 Å². The summed E-state index contributed by atoms with van der Waals surface area (Å²) in [5.41, 5.74) is 3.35. The van der Waals surface area contributed by atoms with Gasteiger partial charge >= 0.3 is 0 Å². The zero-order chi connectivity index (χ0) is 22.6. The van der Waals surface area contributed by atoms with E-state index in [9.17, 15) is 4.79 Å². The normalized spacial score (nSPS) is 18.8. The van der Waals surface area contributed by atoms with E-state index in [1.54, 1.807) is 6.20 Å². The number of hydrogen-bond donors (Lipinski definition) is 0. The molecule has 5 nitrogen and oxygen atoms in total. The number of aryl methyl sites for hydroxylation is 1. The van der Waals surface area contributed by atoms with Crippen LogP contribution in [0.25, 0.3) is 0 Å². The number of amides is 1. The third-order valence-electron chi connectivity index (χ3n) is 7.11. The van der Waals surface area contributed by atoms with Crippen LogP contribution in [-0.2, 0) is 6.54 Å². The molecule has 2 aromatic rings. The molecule has 1 amide bonds. The maximum absolute atomic E-state index is 12.9. The molecule has 1 aromatic heterocycles. The Hall–Kier alpha value is -2.40. The quantitative estimate of drug-likeness (QED) is 0.645. The van der Waals surface area contributed by atoms with Crippen molar-refractivity contribution < 1.29 is 9.53 Å². The molecule has 2 aliphatic rings. The van der Waals surface area contributed by atoms with Crippen molar-refractivity contribution in [2.75, 3.05) is 32.8 Å². The number of benzene rings is 1. The van der Waals surface area contributed by atoms with Crippen molar-refractivity contribution in [3.63, 3.8) is 0 Å². The Labute approximate surface area is 192 Å². The van der Waals surface area contributed by atoms with Gasteiger partial charge in [0.15, 0.2) is 0 Å². The van der Waals surface area contributed by atoms with Gasteiger partial charge in [0.2, 0.25) is 0 Å². The molecule has 0 radical (unpaired) electrons. The van der Waals surface area contributed by atoms with Crippen molar-refractivity contribution in [1.82, 2.24) is 14.8 Å². The van der Waals surface area contributed by atoms with Gasteiger partial charge < -0.3 is 9.64 Å². The Morgan fingerprint density at radius 3 is 2.44 bits per heavy atom. The molecule has 1 aromatic carbocycles. The predicted molar refractivity (Wildman–Crippen MR) is 128 cm³/mol. The molecular weight excluding hydrogens is 398 g/mol. The van der Waals surface area contributed by atoms with Crippen LogP contribution < -0.4 is 4.74 Å². The number of likely N-dealkylation sites (tertiary alicyclic amines) is 2. The summed E-state index contributed by atoms with van der Waals surface area (Å²) in [7, 11) is 0. The van der Waals surface area contributed by atoms with Crippen molar-refractivity contribution in [2.24, 2.45) is 11.3 Å². The van der Waals surface area contributed by atoms with E-state index >= 15 is 0 Å². The van der Waals surface area contributed by atoms with Gasteiger partial charge in [-0.3, -0.25) is 14.7 Å². The average Bonchev–Trinajstić information content (AvgIpc) is 2.80. The molecular formula is C27H37N3O2. The molecule has 0 saturated carbocycles. The molecule has 1 spiro atoms. The molecule has 4 rings (SSSR count). The Morgan fingerprint density at radius 1 is 1.06 bits per heavy atom. The topological polar surface area (TPSA) is 45.7 Å². The van der Waals surface area contributed by atoms with Crippen LogP contribution in [0, 0.1) is 18.3 Å². The predicted octanol–water partition coefficient (Wildman–Crippen LogP) is 4.94. The van der Waals surface area contributed by atoms with Gasteiger partial charge in [0.05, 0.1) is 6.61 Å². The van der Waals surface area contributed by atoms with E-state index in [4.69, 9.17) is 4.74 Å². The average molecular weight is 436 g/mol. The first-order valence-corrected chi connectivity index (χ1v) is 12.1. The molecule has 0 atom stereocenters. The molecule has 2 aliphatic heterocycles. The number of nitrogens with zero attached hydrogens (tertiary/aromatic N) is 3. The first-order valence-electron chi connectivity index (χ1n) is 12.1. The second kappa shape index (κ2) is 10.0. The molecule has 0 aliphatic carbocycles. The van der Waals surface area contributed by atoms with Gasteiger partial charge in [0.25, 0.3) is 5.91 Å². The van der Waals surface area contributed by atoms with Gasteiger partial charge in [-0.2, -0.15) is 0 Å². The monoisotopic (exact) mass is 435 g/mol. The summed E-state index contributed by atoms with van der Waals surface area (Å²) in [6.07, 6.45) is 6.40. The fourth-order valence-corrected chi connectivity index (χ4v) is 5.00. The lowest BCUT2D eigenvalue weighted by atomic mass is 9.71. The van der Waals surface area contributed by atoms with Crippen molar-refractivity contribution in [1.29, 1.82) is 0 Å². The van der Waals surface area contributed by atoms with Crippen LogP contribution in [0.15, 0.2) is 42.6 Å². The molecule has 5 heteroatoms. The number of carbonyl (C=O) groups excluding carboxylic acids is 1. The second-order valence-electron chi connectivity index (χ2n) is 10.1. The largest absolute Gasteiger partial charge is 0.493 e. The van der Waals surface area contributed by atoms with Crippen molar-refractivity contribution >= 4 is 5.91 Å². The van der Waals surface area contributed by atoms with Gasteiger partial charge in [-0.15, -0.1) is 0 Å². The molecule has 0 N–H and O–H groups in total. The van der Waals surface area contributed by atoms with Crippen LogP contribution >= 0.6 is 0 Å². The first kappa shape index (κ1) is 22.8. The zero-order valence-electron chi connectivity index (χ0n) is 19.8. The molecule has 32 heavy (non-hydrogen) atoms. The fourth-order valence-electron chi connectivity index (χ4n) is 5.00. The summed E-state index contributed by atoms with van der Waals surface area (Å²) in [5.74, 6) is 1.71. The number of rotatable bonds is 6. The number of pyridine rings is 1. The minimum atomic E-state index is 0.154. The van der Waals surface area contributed by atoms with Crippen LogP contribution in [0.2, 0.25) is 0 Å². The zero-order valence-corrected chi connectivity index (χ0v) is 19.8. The SMILES string of the molecule is Cc1cc(C(=O)N2CCC3(CCN(Cc4ccccc4OCC(C)C)CC3)CC2)ccn1. The summed E-state index contributed by atoms with van der Waals surface area (Å²) in [6.45, 7) is 12.0. The van der Waals surface area contributed by atoms with E-state index in [0.29, 0.717) is 11.3 Å². The lowest BCUT2D eigenvalue weighted by molar-refractivity contribution is 0.0283. The molecule has 172 valence electrons. The lowest BCUT2D eigenvalue weighted by Crippen LogP contribution is -2.48. The minimum Gasteiger partial charge on any atom is -0.493 e. The van der Waals surface area contributed by atoms with Crippen LogP contribution in [0.4, 0.5) is 0 Å². The van der Waals surface area contributed by atoms with Crippen LogP contribution in [-0.4, -0.2) is 53.5 Å². The van der Waals surface area contributed by atoms with E-state index in [0.717, 1.165) is 69.2 Å². The maximum Gasteiger partial charge on any atom is 0.253 e. The Bertz CT molecular complexity index is 909. The number of ether oxygens (including phenoxy) is 1. The Balaban J connectivity index is 1.29. The minimum absolute atomic E-state index is 0.154. The molecule has 2 saturated heterocycles. The smallest absolute Gasteiger partial charge is 0.253 e.